The molecule has 27 heavy (non-hydrogen) atoms. The summed E-state index contributed by atoms with van der Waals surface area (Å²) in [5.74, 6) is 0.119. The van der Waals surface area contributed by atoms with E-state index in [-0.39, 0.29) is 17.5 Å². The first kappa shape index (κ1) is 18.2. The van der Waals surface area contributed by atoms with E-state index in [9.17, 15) is 4.79 Å². The van der Waals surface area contributed by atoms with Gasteiger partial charge < -0.3 is 9.88 Å². The molecule has 1 atom stereocenters. The van der Waals surface area contributed by atoms with Crippen molar-refractivity contribution in [3.63, 3.8) is 0 Å². The van der Waals surface area contributed by atoms with Crippen molar-refractivity contribution in [3.8, 4) is 0 Å². The molecular weight excluding hydrogens is 342 g/mol. The van der Waals surface area contributed by atoms with Gasteiger partial charge in [-0.1, -0.05) is 13.3 Å². The number of imidazole rings is 1. The van der Waals surface area contributed by atoms with Gasteiger partial charge in [-0.15, -0.1) is 0 Å². The standard InChI is InChI=1S/C19H29N7O/c1-3-4-8-25-9-5-16-17(22-13-21-16)19(25)6-10-24(11-7-19)18(27)15(2)26-14-20-12-23-26/h12-15H,3-11H2,1-2H3,(H,21,22)/t15-/m0/s1. The molecule has 1 fully saturated rings. The van der Waals surface area contributed by atoms with Gasteiger partial charge in [0.1, 0.15) is 18.7 Å². The summed E-state index contributed by atoms with van der Waals surface area (Å²) < 4.78 is 1.63. The van der Waals surface area contributed by atoms with Gasteiger partial charge in [0, 0.05) is 31.7 Å². The molecule has 4 rings (SSSR count). The van der Waals surface area contributed by atoms with Crippen molar-refractivity contribution in [1.82, 2.24) is 34.5 Å². The Balaban J connectivity index is 1.51. The number of piperidine rings is 1. The van der Waals surface area contributed by atoms with Crippen LogP contribution in [0.1, 0.15) is 57.0 Å². The van der Waals surface area contributed by atoms with Crippen LogP contribution >= 0.6 is 0 Å². The fourth-order valence-electron chi connectivity index (χ4n) is 4.64. The minimum atomic E-state index is -0.315. The van der Waals surface area contributed by atoms with Crippen LogP contribution in [0.3, 0.4) is 0 Å². The Labute approximate surface area is 160 Å². The predicted molar refractivity (Wildman–Crippen MR) is 101 cm³/mol. The molecule has 8 heteroatoms. The molecule has 146 valence electrons. The van der Waals surface area contributed by atoms with Crippen LogP contribution in [0.4, 0.5) is 0 Å². The van der Waals surface area contributed by atoms with Crippen LogP contribution in [0.5, 0.6) is 0 Å². The number of likely N-dealkylation sites (tertiary alicyclic amines) is 1. The van der Waals surface area contributed by atoms with E-state index in [2.05, 4.69) is 26.9 Å². The number of unbranched alkanes of at least 4 members (excludes halogenated alkanes) is 1. The lowest BCUT2D eigenvalue weighted by Gasteiger charge is -2.50. The number of H-pyrrole nitrogens is 1. The molecule has 0 unspecified atom stereocenters. The molecule has 2 aliphatic heterocycles. The maximum atomic E-state index is 12.9. The third-order valence-corrected chi connectivity index (χ3v) is 6.27. The van der Waals surface area contributed by atoms with Gasteiger partial charge in [0.05, 0.1) is 17.6 Å². The Morgan fingerprint density at radius 3 is 2.85 bits per heavy atom. The molecule has 8 nitrogen and oxygen atoms in total. The number of aromatic amines is 1. The van der Waals surface area contributed by atoms with Crippen LogP contribution < -0.4 is 0 Å². The average Bonchev–Trinajstić information content (AvgIpc) is 3.39. The zero-order valence-electron chi connectivity index (χ0n) is 16.3. The highest BCUT2D eigenvalue weighted by Gasteiger charge is 2.47. The second-order valence-electron chi connectivity index (χ2n) is 7.73. The van der Waals surface area contributed by atoms with Gasteiger partial charge in [-0.3, -0.25) is 9.69 Å². The summed E-state index contributed by atoms with van der Waals surface area (Å²) in [4.78, 5) is 29.5. The van der Waals surface area contributed by atoms with E-state index >= 15 is 0 Å². The topological polar surface area (TPSA) is 82.9 Å². The van der Waals surface area contributed by atoms with Crippen molar-refractivity contribution < 1.29 is 4.79 Å². The van der Waals surface area contributed by atoms with Crippen LogP contribution in [-0.4, -0.2) is 66.6 Å². The largest absolute Gasteiger partial charge is 0.348 e. The summed E-state index contributed by atoms with van der Waals surface area (Å²) in [5.41, 5.74) is 2.45. The first-order valence-corrected chi connectivity index (χ1v) is 10.1. The molecule has 0 aromatic carbocycles. The van der Waals surface area contributed by atoms with E-state index in [1.165, 1.54) is 30.6 Å². The summed E-state index contributed by atoms with van der Waals surface area (Å²) in [6.07, 6.45) is 10.2. The zero-order valence-corrected chi connectivity index (χ0v) is 16.3. The van der Waals surface area contributed by atoms with Crippen molar-refractivity contribution in [2.24, 2.45) is 0 Å². The van der Waals surface area contributed by atoms with Gasteiger partial charge in [0.15, 0.2) is 0 Å². The van der Waals surface area contributed by atoms with Gasteiger partial charge >= 0.3 is 0 Å². The smallest absolute Gasteiger partial charge is 0.247 e. The van der Waals surface area contributed by atoms with Crippen molar-refractivity contribution in [2.75, 3.05) is 26.2 Å². The number of fused-ring (bicyclic) bond motifs is 2. The van der Waals surface area contributed by atoms with Crippen LogP contribution in [-0.2, 0) is 16.8 Å². The third-order valence-electron chi connectivity index (χ3n) is 6.27. The van der Waals surface area contributed by atoms with E-state index in [0.717, 1.165) is 45.4 Å². The number of carbonyl (C=O) groups is 1. The fraction of sp³-hybridized carbons (Fsp3) is 0.684. The number of rotatable bonds is 5. The minimum absolute atomic E-state index is 0.0317. The van der Waals surface area contributed by atoms with Crippen LogP contribution in [0.2, 0.25) is 0 Å². The monoisotopic (exact) mass is 371 g/mol. The van der Waals surface area contributed by atoms with Crippen molar-refractivity contribution in [1.29, 1.82) is 0 Å². The van der Waals surface area contributed by atoms with Gasteiger partial charge in [-0.25, -0.2) is 14.6 Å². The molecule has 1 saturated heterocycles. The molecular formula is C19H29N7O. The Bertz CT molecular complexity index is 761. The van der Waals surface area contributed by atoms with E-state index in [1.807, 2.05) is 18.2 Å². The normalized spacial score (nSPS) is 20.6. The Morgan fingerprint density at radius 2 is 2.15 bits per heavy atom. The molecule has 0 aliphatic carbocycles. The second kappa shape index (κ2) is 7.42. The highest BCUT2D eigenvalue weighted by atomic mass is 16.2. The maximum Gasteiger partial charge on any atom is 0.247 e. The highest BCUT2D eigenvalue weighted by molar-refractivity contribution is 5.80. The van der Waals surface area contributed by atoms with E-state index in [1.54, 1.807) is 11.0 Å². The van der Waals surface area contributed by atoms with Crippen LogP contribution in [0, 0.1) is 0 Å². The zero-order chi connectivity index (χ0) is 18.9. The summed E-state index contributed by atoms with van der Waals surface area (Å²) in [6, 6.07) is -0.315. The maximum absolute atomic E-state index is 12.9. The number of aromatic nitrogens is 5. The van der Waals surface area contributed by atoms with Gasteiger partial charge in [0.25, 0.3) is 0 Å². The number of hydrogen-bond acceptors (Lipinski definition) is 5. The fourth-order valence-corrected chi connectivity index (χ4v) is 4.64. The van der Waals surface area contributed by atoms with Gasteiger partial charge in [0.2, 0.25) is 5.91 Å². The quantitative estimate of drug-likeness (QED) is 0.866. The van der Waals surface area contributed by atoms with E-state index < -0.39 is 0 Å². The van der Waals surface area contributed by atoms with Crippen molar-refractivity contribution in [3.05, 3.63) is 30.4 Å². The number of hydrogen-bond donors (Lipinski definition) is 1. The van der Waals surface area contributed by atoms with Crippen molar-refractivity contribution >= 4 is 5.91 Å². The molecule has 0 radical (unpaired) electrons. The summed E-state index contributed by atoms with van der Waals surface area (Å²) in [5, 5.41) is 4.12. The van der Waals surface area contributed by atoms with Gasteiger partial charge in [-0.2, -0.15) is 5.10 Å². The Hall–Kier alpha value is -2.22. The number of carbonyl (C=O) groups excluding carboxylic acids is 1. The lowest BCUT2D eigenvalue weighted by molar-refractivity contribution is -0.138. The molecule has 2 aliphatic rings. The van der Waals surface area contributed by atoms with E-state index in [0.29, 0.717) is 0 Å². The molecule has 2 aromatic heterocycles. The lowest BCUT2D eigenvalue weighted by atomic mass is 9.78. The molecule has 0 saturated carbocycles. The van der Waals surface area contributed by atoms with Crippen LogP contribution in [0.25, 0.3) is 0 Å². The summed E-state index contributed by atoms with van der Waals surface area (Å²) in [7, 11) is 0. The molecule has 1 amide bonds. The SMILES string of the molecule is CCCCN1CCc2[nH]cnc2C12CCN(C(=O)[C@H](C)n1cncn1)CC2. The Morgan fingerprint density at radius 1 is 1.33 bits per heavy atom. The average molecular weight is 371 g/mol. The predicted octanol–water partition coefficient (Wildman–Crippen LogP) is 1.74. The molecule has 1 spiro atoms. The minimum Gasteiger partial charge on any atom is -0.348 e. The van der Waals surface area contributed by atoms with Gasteiger partial charge in [-0.05, 0) is 32.7 Å². The number of amides is 1. The summed E-state index contributed by atoms with van der Waals surface area (Å²) >= 11 is 0. The second-order valence-corrected chi connectivity index (χ2v) is 7.73. The first-order valence-electron chi connectivity index (χ1n) is 10.1. The number of nitrogens with one attached hydrogen (secondary N) is 1. The molecule has 0 bridgehead atoms. The molecule has 1 N–H and O–H groups in total. The highest BCUT2D eigenvalue weighted by Crippen LogP contribution is 2.42. The van der Waals surface area contributed by atoms with E-state index in [4.69, 9.17) is 4.98 Å². The lowest BCUT2D eigenvalue weighted by Crippen LogP contribution is -2.57. The third kappa shape index (κ3) is 3.16. The summed E-state index contributed by atoms with van der Waals surface area (Å²) in [6.45, 7) is 7.81. The molecule has 4 heterocycles. The van der Waals surface area contributed by atoms with Crippen molar-refractivity contribution in [2.45, 2.75) is 57.5 Å². The Kier molecular flexibility index (Phi) is 4.99. The molecule has 2 aromatic rings. The number of nitrogens with zero attached hydrogens (tertiary/aromatic N) is 6. The van der Waals surface area contributed by atoms with Crippen LogP contribution in [0.15, 0.2) is 19.0 Å². The first-order chi connectivity index (χ1) is 13.2.